The molecule has 0 spiro atoms. The monoisotopic (exact) mass is 227 g/mol. The molecule has 5 heteroatoms. The highest BCUT2D eigenvalue weighted by Gasteiger charge is 2.25. The molecule has 0 radical (unpaired) electrons. The molecule has 16 heavy (non-hydrogen) atoms. The second-order valence-electron chi connectivity index (χ2n) is 3.49. The molecule has 0 amide bonds. The van der Waals surface area contributed by atoms with E-state index in [2.05, 4.69) is 4.74 Å². The van der Waals surface area contributed by atoms with Gasteiger partial charge in [-0.2, -0.15) is 0 Å². The van der Waals surface area contributed by atoms with E-state index in [9.17, 15) is 14.3 Å². The number of hydrogen-bond donors (Lipinski definition) is 1. The normalized spacial score (nSPS) is 12.1. The van der Waals surface area contributed by atoms with E-state index in [4.69, 9.17) is 0 Å². The molecule has 1 N–H and O–H groups in total. The zero-order valence-corrected chi connectivity index (χ0v) is 9.40. The molecule has 1 unspecified atom stereocenters. The lowest BCUT2D eigenvalue weighted by molar-refractivity contribution is -0.150. The van der Waals surface area contributed by atoms with Crippen molar-refractivity contribution in [3.63, 3.8) is 0 Å². The van der Waals surface area contributed by atoms with E-state index < -0.39 is 17.9 Å². The number of nitrogens with zero attached hydrogens (tertiary/aromatic N) is 1. The predicted octanol–water partition coefficient (Wildman–Crippen LogP) is 1.10. The van der Waals surface area contributed by atoms with Gasteiger partial charge in [-0.05, 0) is 12.1 Å². The van der Waals surface area contributed by atoms with Crippen molar-refractivity contribution in [3.05, 3.63) is 29.6 Å². The summed E-state index contributed by atoms with van der Waals surface area (Å²) in [6.45, 7) is 0. The van der Waals surface area contributed by atoms with Crippen LogP contribution in [-0.4, -0.2) is 32.3 Å². The highest BCUT2D eigenvalue weighted by Crippen LogP contribution is 2.28. The third-order valence-electron chi connectivity index (χ3n) is 2.21. The van der Waals surface area contributed by atoms with Crippen molar-refractivity contribution in [2.45, 2.75) is 6.10 Å². The van der Waals surface area contributed by atoms with Gasteiger partial charge in [0.1, 0.15) is 5.82 Å². The molecule has 0 fully saturated rings. The molecule has 0 saturated carbocycles. The van der Waals surface area contributed by atoms with E-state index >= 15 is 0 Å². The summed E-state index contributed by atoms with van der Waals surface area (Å²) < 4.78 is 17.9. The van der Waals surface area contributed by atoms with Crippen molar-refractivity contribution < 1.29 is 19.0 Å². The molecular weight excluding hydrogens is 213 g/mol. The second-order valence-corrected chi connectivity index (χ2v) is 3.49. The number of methoxy groups -OCH3 is 1. The fraction of sp³-hybridized carbons (Fsp3) is 0.364. The third-order valence-corrected chi connectivity index (χ3v) is 2.21. The zero-order valence-electron chi connectivity index (χ0n) is 9.40. The van der Waals surface area contributed by atoms with Crippen LogP contribution in [0.4, 0.5) is 10.1 Å². The Morgan fingerprint density at radius 2 is 2.12 bits per heavy atom. The molecular formula is C11H14FNO3. The molecule has 4 nitrogen and oxygen atoms in total. The Labute approximate surface area is 93.3 Å². The van der Waals surface area contributed by atoms with Gasteiger partial charge in [-0.1, -0.05) is 6.07 Å². The first-order chi connectivity index (χ1) is 7.49. The van der Waals surface area contributed by atoms with Crippen molar-refractivity contribution >= 4 is 11.7 Å². The quantitative estimate of drug-likeness (QED) is 0.785. The van der Waals surface area contributed by atoms with Crippen LogP contribution in [0.5, 0.6) is 0 Å². The van der Waals surface area contributed by atoms with Gasteiger partial charge in [-0.15, -0.1) is 0 Å². The Kier molecular flexibility index (Phi) is 3.84. The van der Waals surface area contributed by atoms with Crippen LogP contribution >= 0.6 is 0 Å². The minimum Gasteiger partial charge on any atom is -0.467 e. The number of aliphatic hydroxyl groups excluding tert-OH is 1. The standard InChI is InChI=1S/C11H14FNO3/c1-13(2)8-6-4-5-7(12)9(8)10(14)11(15)16-3/h4-6,10,14H,1-3H3. The molecule has 88 valence electrons. The summed E-state index contributed by atoms with van der Waals surface area (Å²) in [6, 6.07) is 4.32. The topological polar surface area (TPSA) is 49.8 Å². The fourth-order valence-corrected chi connectivity index (χ4v) is 1.42. The average Bonchev–Trinajstić information content (AvgIpc) is 2.26. The number of rotatable bonds is 3. The lowest BCUT2D eigenvalue weighted by atomic mass is 10.1. The van der Waals surface area contributed by atoms with E-state index in [0.29, 0.717) is 5.69 Å². The lowest BCUT2D eigenvalue weighted by Gasteiger charge is -2.20. The van der Waals surface area contributed by atoms with Gasteiger partial charge in [0.2, 0.25) is 0 Å². The maximum Gasteiger partial charge on any atom is 0.339 e. The number of halogens is 1. The molecule has 0 aromatic heterocycles. The van der Waals surface area contributed by atoms with Crippen LogP contribution in [0.15, 0.2) is 18.2 Å². The number of carbonyl (C=O) groups excluding carboxylic acids is 1. The van der Waals surface area contributed by atoms with E-state index in [0.717, 1.165) is 7.11 Å². The maximum absolute atomic E-state index is 13.6. The van der Waals surface area contributed by atoms with Gasteiger partial charge in [0.05, 0.1) is 12.7 Å². The van der Waals surface area contributed by atoms with Crippen molar-refractivity contribution in [1.82, 2.24) is 0 Å². The third kappa shape index (κ3) is 2.30. The van der Waals surface area contributed by atoms with E-state index in [1.54, 1.807) is 25.1 Å². The van der Waals surface area contributed by atoms with Crippen molar-refractivity contribution in [2.24, 2.45) is 0 Å². The minimum atomic E-state index is -1.61. The van der Waals surface area contributed by atoms with E-state index in [1.807, 2.05) is 0 Å². The number of ether oxygens (including phenoxy) is 1. The van der Waals surface area contributed by atoms with Gasteiger partial charge in [0.25, 0.3) is 0 Å². The first-order valence-electron chi connectivity index (χ1n) is 4.70. The van der Waals surface area contributed by atoms with Crippen LogP contribution in [0.2, 0.25) is 0 Å². The molecule has 0 aliphatic heterocycles. The van der Waals surface area contributed by atoms with Gasteiger partial charge in [0, 0.05) is 19.8 Å². The SMILES string of the molecule is COC(=O)C(O)c1c(F)cccc1N(C)C. The van der Waals surface area contributed by atoms with Gasteiger partial charge >= 0.3 is 5.97 Å². The largest absolute Gasteiger partial charge is 0.467 e. The zero-order chi connectivity index (χ0) is 12.3. The average molecular weight is 227 g/mol. The van der Waals surface area contributed by atoms with Gasteiger partial charge in [-0.3, -0.25) is 0 Å². The number of esters is 1. The lowest BCUT2D eigenvalue weighted by Crippen LogP contribution is -2.20. The summed E-state index contributed by atoms with van der Waals surface area (Å²) in [6.07, 6.45) is -1.61. The summed E-state index contributed by atoms with van der Waals surface area (Å²) in [5.41, 5.74) is 0.372. The molecule has 0 aliphatic carbocycles. The second kappa shape index (κ2) is 4.94. The molecule has 1 atom stereocenters. The van der Waals surface area contributed by atoms with Crippen LogP contribution in [0, 0.1) is 5.82 Å². The summed E-state index contributed by atoms with van der Waals surface area (Å²) in [4.78, 5) is 12.8. The van der Waals surface area contributed by atoms with Crippen LogP contribution in [0.3, 0.4) is 0 Å². The Morgan fingerprint density at radius 1 is 1.50 bits per heavy atom. The van der Waals surface area contributed by atoms with Crippen molar-refractivity contribution in [1.29, 1.82) is 0 Å². The van der Waals surface area contributed by atoms with Gasteiger partial charge in [0.15, 0.2) is 6.10 Å². The fourth-order valence-electron chi connectivity index (χ4n) is 1.42. The Morgan fingerprint density at radius 3 is 2.62 bits per heavy atom. The highest BCUT2D eigenvalue weighted by molar-refractivity contribution is 5.79. The van der Waals surface area contributed by atoms with E-state index in [1.165, 1.54) is 12.1 Å². The molecule has 1 aromatic rings. The molecule has 1 aromatic carbocycles. The number of hydrogen-bond acceptors (Lipinski definition) is 4. The molecule has 0 heterocycles. The molecule has 0 aliphatic rings. The van der Waals surface area contributed by atoms with Crippen LogP contribution < -0.4 is 4.90 Å². The Bertz CT molecular complexity index is 393. The Hall–Kier alpha value is -1.62. The van der Waals surface area contributed by atoms with Gasteiger partial charge in [-0.25, -0.2) is 9.18 Å². The first-order valence-corrected chi connectivity index (χ1v) is 4.70. The smallest absolute Gasteiger partial charge is 0.339 e. The Balaban J connectivity index is 3.24. The predicted molar refractivity (Wildman–Crippen MR) is 57.7 cm³/mol. The van der Waals surface area contributed by atoms with Crippen molar-refractivity contribution in [2.75, 3.05) is 26.1 Å². The van der Waals surface area contributed by atoms with Gasteiger partial charge < -0.3 is 14.7 Å². The summed E-state index contributed by atoms with van der Waals surface area (Å²) in [7, 11) is 4.53. The number of benzene rings is 1. The minimum absolute atomic E-state index is 0.0700. The van der Waals surface area contributed by atoms with Crippen LogP contribution in [0.1, 0.15) is 11.7 Å². The van der Waals surface area contributed by atoms with Crippen LogP contribution in [-0.2, 0) is 9.53 Å². The molecule has 0 bridgehead atoms. The number of anilines is 1. The molecule has 1 rings (SSSR count). The summed E-state index contributed by atoms with van der Waals surface area (Å²) in [5, 5.41) is 9.66. The molecule has 0 saturated heterocycles. The first kappa shape index (κ1) is 12.4. The maximum atomic E-state index is 13.6. The summed E-state index contributed by atoms with van der Waals surface area (Å²) >= 11 is 0. The highest BCUT2D eigenvalue weighted by atomic mass is 19.1. The number of carbonyl (C=O) groups is 1. The summed E-state index contributed by atoms with van der Waals surface area (Å²) in [5.74, 6) is -1.52. The number of aliphatic hydroxyl groups is 1. The van der Waals surface area contributed by atoms with E-state index in [-0.39, 0.29) is 5.56 Å². The van der Waals surface area contributed by atoms with Crippen molar-refractivity contribution in [3.8, 4) is 0 Å². The van der Waals surface area contributed by atoms with Crippen LogP contribution in [0.25, 0.3) is 0 Å².